The van der Waals surface area contributed by atoms with Crippen molar-refractivity contribution in [2.24, 2.45) is 11.8 Å². The maximum atomic E-state index is 10.1. The van der Waals surface area contributed by atoms with Crippen molar-refractivity contribution >= 4 is 39.8 Å². The van der Waals surface area contributed by atoms with E-state index in [1.807, 2.05) is 29.2 Å². The van der Waals surface area contributed by atoms with Crippen molar-refractivity contribution in [1.29, 1.82) is 0 Å². The van der Waals surface area contributed by atoms with Gasteiger partial charge in [0.05, 0.1) is 40.3 Å². The number of nitrogens with zero attached hydrogens (tertiary/aromatic N) is 5. The topological polar surface area (TPSA) is 79.1 Å². The molecule has 2 unspecified atom stereocenters. The fourth-order valence-electron chi connectivity index (χ4n) is 4.47. The number of nitrogens with one attached hydrogen (secondary N) is 1. The summed E-state index contributed by atoms with van der Waals surface area (Å²) in [5.41, 5.74) is 2.73. The number of halogens is 1. The Kier molecular flexibility index (Phi) is 3.58. The van der Waals surface area contributed by atoms with Crippen molar-refractivity contribution in [2.75, 3.05) is 23.3 Å². The van der Waals surface area contributed by atoms with Gasteiger partial charge in [-0.3, -0.25) is 4.68 Å². The van der Waals surface area contributed by atoms with E-state index < -0.39 is 0 Å². The molecule has 4 heterocycles. The van der Waals surface area contributed by atoms with E-state index in [9.17, 15) is 5.11 Å². The van der Waals surface area contributed by atoms with Crippen molar-refractivity contribution in [3.8, 4) is 0 Å². The molecule has 2 atom stereocenters. The second-order valence-corrected chi connectivity index (χ2v) is 8.68. The molecule has 144 valence electrons. The van der Waals surface area contributed by atoms with Gasteiger partial charge in [-0.2, -0.15) is 5.10 Å². The summed E-state index contributed by atoms with van der Waals surface area (Å²) in [5.74, 6) is 1.26. The normalized spacial score (nSPS) is 26.4. The molecule has 0 radical (unpaired) electrons. The highest BCUT2D eigenvalue weighted by Gasteiger charge is 2.46. The fraction of sp³-hybridized carbons (Fsp3) is 0.450. The number of anilines is 3. The van der Waals surface area contributed by atoms with E-state index >= 15 is 0 Å². The van der Waals surface area contributed by atoms with Crippen LogP contribution in [0.4, 0.5) is 17.3 Å². The number of aromatic nitrogens is 4. The maximum Gasteiger partial charge on any atom is 0.227 e. The summed E-state index contributed by atoms with van der Waals surface area (Å²) in [4.78, 5) is 11.4. The first-order chi connectivity index (χ1) is 13.6. The number of fused-ring (bicyclic) bond motifs is 3. The van der Waals surface area contributed by atoms with Gasteiger partial charge >= 0.3 is 0 Å². The van der Waals surface area contributed by atoms with Crippen LogP contribution in [0.25, 0.3) is 10.9 Å². The lowest BCUT2D eigenvalue weighted by molar-refractivity contribution is -0.0531. The molecule has 4 aliphatic rings. The number of aliphatic hydroxyl groups is 1. The minimum Gasteiger partial charge on any atom is -0.392 e. The summed E-state index contributed by atoms with van der Waals surface area (Å²) in [6, 6.07) is 4.51. The van der Waals surface area contributed by atoms with Crippen LogP contribution in [0.5, 0.6) is 0 Å². The first kappa shape index (κ1) is 16.6. The molecule has 8 heteroatoms. The van der Waals surface area contributed by atoms with Crippen LogP contribution >= 0.6 is 11.6 Å². The van der Waals surface area contributed by atoms with Crippen LogP contribution in [0.3, 0.4) is 0 Å². The SMILES string of the molecule is OC1C2CC1CN(c1cc3nc(Nc4cnn(C5CC5)c4)ncc3cc1Cl)C2. The van der Waals surface area contributed by atoms with Gasteiger partial charge in [-0.05, 0) is 31.4 Å². The maximum absolute atomic E-state index is 10.1. The monoisotopic (exact) mass is 396 g/mol. The summed E-state index contributed by atoms with van der Waals surface area (Å²) < 4.78 is 2.00. The summed E-state index contributed by atoms with van der Waals surface area (Å²) in [7, 11) is 0. The lowest BCUT2D eigenvalue weighted by Crippen LogP contribution is -2.58. The first-order valence-corrected chi connectivity index (χ1v) is 10.2. The predicted octanol–water partition coefficient (Wildman–Crippen LogP) is 3.38. The fourth-order valence-corrected chi connectivity index (χ4v) is 4.76. The number of rotatable bonds is 4. The molecular weight excluding hydrogens is 376 g/mol. The zero-order valence-corrected chi connectivity index (χ0v) is 16.0. The van der Waals surface area contributed by atoms with Crippen molar-refractivity contribution < 1.29 is 5.11 Å². The van der Waals surface area contributed by atoms with Crippen molar-refractivity contribution in [3.05, 3.63) is 35.7 Å². The molecule has 0 amide bonds. The van der Waals surface area contributed by atoms with E-state index in [4.69, 9.17) is 11.6 Å². The molecule has 28 heavy (non-hydrogen) atoms. The molecule has 2 aliphatic carbocycles. The molecule has 2 bridgehead atoms. The van der Waals surface area contributed by atoms with Crippen LogP contribution in [0.2, 0.25) is 5.02 Å². The average molecular weight is 397 g/mol. The Morgan fingerprint density at radius 2 is 1.96 bits per heavy atom. The van der Waals surface area contributed by atoms with E-state index in [1.54, 1.807) is 6.20 Å². The van der Waals surface area contributed by atoms with E-state index in [0.29, 0.717) is 28.8 Å². The largest absolute Gasteiger partial charge is 0.392 e. The smallest absolute Gasteiger partial charge is 0.227 e. The molecule has 2 aromatic heterocycles. The van der Waals surface area contributed by atoms with Gasteiger partial charge in [-0.15, -0.1) is 0 Å². The Hall–Kier alpha value is -2.38. The van der Waals surface area contributed by atoms with E-state index in [-0.39, 0.29) is 6.10 Å². The number of piperidine rings is 2. The lowest BCUT2D eigenvalue weighted by atomic mass is 9.68. The average Bonchev–Trinajstić information content (AvgIpc) is 3.46. The highest BCUT2D eigenvalue weighted by atomic mass is 35.5. The number of hydrogen-bond acceptors (Lipinski definition) is 6. The van der Waals surface area contributed by atoms with Gasteiger partial charge in [-0.1, -0.05) is 11.6 Å². The molecule has 1 aromatic carbocycles. The van der Waals surface area contributed by atoms with Crippen LogP contribution < -0.4 is 10.2 Å². The van der Waals surface area contributed by atoms with Crippen LogP contribution in [0, 0.1) is 11.8 Å². The zero-order valence-electron chi connectivity index (χ0n) is 15.3. The first-order valence-electron chi connectivity index (χ1n) is 9.84. The van der Waals surface area contributed by atoms with E-state index in [1.165, 1.54) is 12.8 Å². The standard InChI is InChI=1S/C20H21ClN6O/c21-16-4-11-6-22-20(24-14-7-23-27(10-14)15-1-2-15)25-17(11)5-18(16)26-8-12-3-13(9-26)19(12)28/h4-7,10,12-13,15,19,28H,1-3,8-9H2,(H,22,24,25). The Morgan fingerprint density at radius 1 is 1.14 bits per heavy atom. The third kappa shape index (κ3) is 2.72. The van der Waals surface area contributed by atoms with Crippen molar-refractivity contribution in [3.63, 3.8) is 0 Å². The Bertz CT molecular complexity index is 1050. The molecule has 0 spiro atoms. The van der Waals surface area contributed by atoms with E-state index in [0.717, 1.165) is 41.8 Å². The molecular formula is C20H21ClN6O. The Labute approximate surface area is 167 Å². The highest BCUT2D eigenvalue weighted by molar-refractivity contribution is 6.34. The zero-order chi connectivity index (χ0) is 18.8. The van der Waals surface area contributed by atoms with Gasteiger partial charge in [-0.25, -0.2) is 9.97 Å². The summed E-state index contributed by atoms with van der Waals surface area (Å²) in [5, 5.41) is 19.3. The second kappa shape index (κ2) is 6.06. The minimum absolute atomic E-state index is 0.148. The molecule has 2 aliphatic heterocycles. The third-order valence-corrected chi connectivity index (χ3v) is 6.55. The predicted molar refractivity (Wildman–Crippen MR) is 108 cm³/mol. The molecule has 7 rings (SSSR count). The summed E-state index contributed by atoms with van der Waals surface area (Å²) >= 11 is 6.56. The third-order valence-electron chi connectivity index (χ3n) is 6.25. The lowest BCUT2D eigenvalue weighted by Gasteiger charge is -2.52. The van der Waals surface area contributed by atoms with Gasteiger partial charge in [0.1, 0.15) is 0 Å². The Balaban J connectivity index is 1.29. The van der Waals surface area contributed by atoms with Gasteiger partial charge in [0.2, 0.25) is 5.95 Å². The van der Waals surface area contributed by atoms with Gasteiger partial charge in [0.15, 0.2) is 0 Å². The molecule has 4 fully saturated rings. The van der Waals surface area contributed by atoms with E-state index in [2.05, 4.69) is 25.3 Å². The Morgan fingerprint density at radius 3 is 2.71 bits per heavy atom. The molecule has 7 nitrogen and oxygen atoms in total. The van der Waals surface area contributed by atoms with Gasteiger partial charge < -0.3 is 15.3 Å². The minimum atomic E-state index is -0.148. The number of hydrogen-bond donors (Lipinski definition) is 2. The van der Waals surface area contributed by atoms with Gasteiger partial charge in [0, 0.05) is 42.7 Å². The number of aliphatic hydroxyl groups excluding tert-OH is 1. The van der Waals surface area contributed by atoms with Crippen LogP contribution in [-0.4, -0.2) is 44.0 Å². The second-order valence-electron chi connectivity index (χ2n) is 8.27. The highest BCUT2D eigenvalue weighted by Crippen LogP contribution is 2.43. The molecule has 2 N–H and O–H groups in total. The summed E-state index contributed by atoms with van der Waals surface area (Å²) in [6.45, 7) is 1.69. The molecule has 2 saturated heterocycles. The number of benzene rings is 1. The van der Waals surface area contributed by atoms with Crippen LogP contribution in [0.15, 0.2) is 30.7 Å². The summed E-state index contributed by atoms with van der Waals surface area (Å²) in [6.07, 6.45) is 8.98. The van der Waals surface area contributed by atoms with Crippen molar-refractivity contribution in [2.45, 2.75) is 31.4 Å². The van der Waals surface area contributed by atoms with Crippen LogP contribution in [-0.2, 0) is 0 Å². The molecule has 3 aromatic rings. The quantitative estimate of drug-likeness (QED) is 0.703. The van der Waals surface area contributed by atoms with Gasteiger partial charge in [0.25, 0.3) is 0 Å². The molecule has 2 saturated carbocycles. The van der Waals surface area contributed by atoms with Crippen LogP contribution in [0.1, 0.15) is 25.3 Å². The van der Waals surface area contributed by atoms with Crippen molar-refractivity contribution in [1.82, 2.24) is 19.7 Å².